The number of hydrogen-bond acceptors (Lipinski definition) is 3. The van der Waals surface area contributed by atoms with E-state index in [0.29, 0.717) is 19.8 Å². The lowest BCUT2D eigenvalue weighted by molar-refractivity contribution is -0.135. The van der Waals surface area contributed by atoms with Crippen LogP contribution in [0.3, 0.4) is 0 Å². The van der Waals surface area contributed by atoms with Crippen LogP contribution in [-0.4, -0.2) is 50.2 Å². The van der Waals surface area contributed by atoms with E-state index >= 15 is 0 Å². The molecule has 2 atom stereocenters. The maximum absolute atomic E-state index is 12.6. The zero-order chi connectivity index (χ0) is 14.7. The number of carbonyl (C=O) groups excluding carboxylic acids is 1. The first kappa shape index (κ1) is 14.3. The van der Waals surface area contributed by atoms with Gasteiger partial charge in [0.2, 0.25) is 5.91 Å². The molecule has 0 saturated carbocycles. The third-order valence-electron chi connectivity index (χ3n) is 4.43. The molecule has 1 fully saturated rings. The van der Waals surface area contributed by atoms with Crippen LogP contribution in [0.15, 0.2) is 36.4 Å². The molecule has 1 aromatic rings. The smallest absolute Gasteiger partial charge is 0.229 e. The highest BCUT2D eigenvalue weighted by Gasteiger charge is 2.35. The standard InChI is InChI=1S/C17H22N2O2/c1-18-16-12-21-11-15(16)17(20)19-9-7-14(8-10-19)13-5-3-2-4-6-13/h2-7,15-16,18H,8-12H2,1H3. The lowest BCUT2D eigenvalue weighted by Crippen LogP contribution is -2.46. The van der Waals surface area contributed by atoms with Crippen LogP contribution < -0.4 is 5.32 Å². The van der Waals surface area contributed by atoms with Gasteiger partial charge in [-0.05, 0) is 24.6 Å². The highest BCUT2D eigenvalue weighted by Crippen LogP contribution is 2.24. The fourth-order valence-electron chi connectivity index (χ4n) is 3.10. The number of carbonyl (C=O) groups is 1. The zero-order valence-corrected chi connectivity index (χ0v) is 12.4. The number of ether oxygens (including phenoxy) is 1. The molecule has 0 aliphatic carbocycles. The van der Waals surface area contributed by atoms with Gasteiger partial charge in [-0.1, -0.05) is 36.4 Å². The minimum Gasteiger partial charge on any atom is -0.379 e. The van der Waals surface area contributed by atoms with Crippen molar-refractivity contribution in [1.82, 2.24) is 10.2 Å². The molecule has 1 amide bonds. The summed E-state index contributed by atoms with van der Waals surface area (Å²) in [5.74, 6) is 0.178. The van der Waals surface area contributed by atoms with Crippen molar-refractivity contribution in [2.24, 2.45) is 5.92 Å². The third-order valence-corrected chi connectivity index (χ3v) is 4.43. The fourth-order valence-corrected chi connectivity index (χ4v) is 3.10. The van der Waals surface area contributed by atoms with E-state index in [2.05, 4.69) is 35.7 Å². The second-order valence-electron chi connectivity index (χ2n) is 5.67. The fraction of sp³-hybridized carbons (Fsp3) is 0.471. The summed E-state index contributed by atoms with van der Waals surface area (Å²) >= 11 is 0. The molecule has 0 spiro atoms. The monoisotopic (exact) mass is 286 g/mol. The Balaban J connectivity index is 1.65. The second kappa shape index (κ2) is 6.41. The number of hydrogen-bond donors (Lipinski definition) is 1. The molecule has 1 saturated heterocycles. The molecule has 3 rings (SSSR count). The molecule has 0 radical (unpaired) electrons. The Hall–Kier alpha value is -1.65. The number of rotatable bonds is 3. The first-order valence-electron chi connectivity index (χ1n) is 7.58. The van der Waals surface area contributed by atoms with Crippen molar-refractivity contribution in [2.75, 3.05) is 33.4 Å². The van der Waals surface area contributed by atoms with Gasteiger partial charge in [0.15, 0.2) is 0 Å². The van der Waals surface area contributed by atoms with E-state index in [1.807, 2.05) is 18.0 Å². The maximum Gasteiger partial charge on any atom is 0.229 e. The van der Waals surface area contributed by atoms with Gasteiger partial charge >= 0.3 is 0 Å². The van der Waals surface area contributed by atoms with E-state index in [9.17, 15) is 4.79 Å². The van der Waals surface area contributed by atoms with Crippen LogP contribution in [0.2, 0.25) is 0 Å². The lowest BCUT2D eigenvalue weighted by atomic mass is 9.97. The Bertz CT molecular complexity index is 527. The highest BCUT2D eigenvalue weighted by molar-refractivity contribution is 5.81. The zero-order valence-electron chi connectivity index (χ0n) is 12.4. The van der Waals surface area contributed by atoms with Crippen LogP contribution in [0.5, 0.6) is 0 Å². The largest absolute Gasteiger partial charge is 0.379 e. The molecule has 4 nitrogen and oxygen atoms in total. The average Bonchev–Trinajstić information content (AvgIpc) is 3.04. The molecule has 112 valence electrons. The van der Waals surface area contributed by atoms with E-state index in [1.54, 1.807) is 0 Å². The summed E-state index contributed by atoms with van der Waals surface area (Å²) in [5.41, 5.74) is 2.61. The van der Waals surface area contributed by atoms with Crippen molar-refractivity contribution in [2.45, 2.75) is 12.5 Å². The summed E-state index contributed by atoms with van der Waals surface area (Å²) < 4.78 is 5.44. The minimum atomic E-state index is -0.0401. The predicted molar refractivity (Wildman–Crippen MR) is 82.8 cm³/mol. The topological polar surface area (TPSA) is 41.6 Å². The molecular formula is C17H22N2O2. The van der Waals surface area contributed by atoms with Gasteiger partial charge in [0, 0.05) is 19.1 Å². The molecule has 2 aliphatic heterocycles. The molecule has 2 heterocycles. The molecule has 1 N–H and O–H groups in total. The highest BCUT2D eigenvalue weighted by atomic mass is 16.5. The van der Waals surface area contributed by atoms with Gasteiger partial charge in [-0.15, -0.1) is 0 Å². The normalized spacial score (nSPS) is 25.8. The van der Waals surface area contributed by atoms with E-state index in [-0.39, 0.29) is 17.9 Å². The summed E-state index contributed by atoms with van der Waals surface area (Å²) in [6.45, 7) is 2.67. The van der Waals surface area contributed by atoms with Crippen molar-refractivity contribution < 1.29 is 9.53 Å². The van der Waals surface area contributed by atoms with Crippen LogP contribution in [-0.2, 0) is 9.53 Å². The van der Waals surface area contributed by atoms with Crippen molar-refractivity contribution in [3.05, 3.63) is 42.0 Å². The van der Waals surface area contributed by atoms with Gasteiger partial charge in [-0.2, -0.15) is 0 Å². The Morgan fingerprint density at radius 2 is 2.10 bits per heavy atom. The maximum atomic E-state index is 12.6. The Morgan fingerprint density at radius 1 is 1.29 bits per heavy atom. The number of likely N-dealkylation sites (N-methyl/N-ethyl adjacent to an activating group) is 1. The molecule has 0 aromatic heterocycles. The average molecular weight is 286 g/mol. The Kier molecular flexibility index (Phi) is 4.36. The molecule has 2 unspecified atom stereocenters. The second-order valence-corrected chi connectivity index (χ2v) is 5.67. The molecule has 2 aliphatic rings. The number of amides is 1. The summed E-state index contributed by atoms with van der Waals surface area (Å²) in [6.07, 6.45) is 3.11. The quantitative estimate of drug-likeness (QED) is 0.916. The van der Waals surface area contributed by atoms with E-state index in [1.165, 1.54) is 11.1 Å². The molecule has 0 bridgehead atoms. The van der Waals surface area contributed by atoms with Crippen LogP contribution >= 0.6 is 0 Å². The van der Waals surface area contributed by atoms with Crippen molar-refractivity contribution in [3.8, 4) is 0 Å². The van der Waals surface area contributed by atoms with Gasteiger partial charge in [0.25, 0.3) is 0 Å². The lowest BCUT2D eigenvalue weighted by Gasteiger charge is -2.30. The number of benzene rings is 1. The summed E-state index contributed by atoms with van der Waals surface area (Å²) in [6, 6.07) is 10.6. The molecule has 1 aromatic carbocycles. The van der Waals surface area contributed by atoms with Crippen molar-refractivity contribution in [3.63, 3.8) is 0 Å². The van der Waals surface area contributed by atoms with E-state index < -0.39 is 0 Å². The van der Waals surface area contributed by atoms with Gasteiger partial charge < -0.3 is 15.0 Å². The van der Waals surface area contributed by atoms with Crippen LogP contribution in [0.25, 0.3) is 5.57 Å². The van der Waals surface area contributed by atoms with E-state index in [0.717, 1.165) is 13.0 Å². The summed E-state index contributed by atoms with van der Waals surface area (Å²) in [7, 11) is 1.89. The SMILES string of the molecule is CNC1COCC1C(=O)N1CC=C(c2ccccc2)CC1. The van der Waals surface area contributed by atoms with Crippen molar-refractivity contribution >= 4 is 11.5 Å². The van der Waals surface area contributed by atoms with Crippen LogP contribution in [0.1, 0.15) is 12.0 Å². The van der Waals surface area contributed by atoms with Gasteiger partial charge in [0.05, 0.1) is 19.1 Å². The minimum absolute atomic E-state index is 0.0401. The van der Waals surface area contributed by atoms with Crippen LogP contribution in [0.4, 0.5) is 0 Å². The third kappa shape index (κ3) is 3.01. The Morgan fingerprint density at radius 3 is 2.76 bits per heavy atom. The predicted octanol–water partition coefficient (Wildman–Crippen LogP) is 1.54. The summed E-state index contributed by atoms with van der Waals surface area (Å²) in [4.78, 5) is 14.5. The first-order valence-corrected chi connectivity index (χ1v) is 7.58. The van der Waals surface area contributed by atoms with Gasteiger partial charge in [0.1, 0.15) is 0 Å². The summed E-state index contributed by atoms with van der Waals surface area (Å²) in [5, 5.41) is 3.18. The van der Waals surface area contributed by atoms with Gasteiger partial charge in [-0.25, -0.2) is 0 Å². The van der Waals surface area contributed by atoms with Crippen molar-refractivity contribution in [1.29, 1.82) is 0 Å². The molecular weight excluding hydrogens is 264 g/mol. The number of nitrogens with zero attached hydrogens (tertiary/aromatic N) is 1. The van der Waals surface area contributed by atoms with Gasteiger partial charge in [-0.3, -0.25) is 4.79 Å². The first-order chi connectivity index (χ1) is 10.3. The number of nitrogens with one attached hydrogen (secondary N) is 1. The van der Waals surface area contributed by atoms with Crippen LogP contribution in [0, 0.1) is 5.92 Å². The van der Waals surface area contributed by atoms with E-state index in [4.69, 9.17) is 4.74 Å². The molecule has 21 heavy (non-hydrogen) atoms. The Labute approximate surface area is 125 Å². The molecule has 4 heteroatoms.